The van der Waals surface area contributed by atoms with Gasteiger partial charge >= 0.3 is 0 Å². The van der Waals surface area contributed by atoms with Crippen molar-refractivity contribution in [1.29, 1.82) is 0 Å². The van der Waals surface area contributed by atoms with Gasteiger partial charge in [0.1, 0.15) is 0 Å². The maximum absolute atomic E-state index is 10.1. The average molecular weight is 188 g/mol. The summed E-state index contributed by atoms with van der Waals surface area (Å²) in [5.74, 6) is 2.49. The third-order valence-electron chi connectivity index (χ3n) is 2.58. The van der Waals surface area contributed by atoms with Gasteiger partial charge in [-0.2, -0.15) is 0 Å². The van der Waals surface area contributed by atoms with Gasteiger partial charge in [-0.15, -0.1) is 12.3 Å². The van der Waals surface area contributed by atoms with Crippen LogP contribution in [0, 0.1) is 26.2 Å². The monoisotopic (exact) mass is 188 g/mol. The molecule has 1 atom stereocenters. The normalized spacial score (nSPS) is 14.5. The van der Waals surface area contributed by atoms with E-state index in [2.05, 4.69) is 12.8 Å². The summed E-state index contributed by atoms with van der Waals surface area (Å²) in [7, 11) is 0. The van der Waals surface area contributed by atoms with Gasteiger partial charge in [0.25, 0.3) is 0 Å². The molecule has 1 nitrogen and oxygen atoms in total. The molecule has 0 saturated carbocycles. The maximum Gasteiger partial charge on any atom is 0.0977 e. The Labute approximate surface area is 85.8 Å². The second kappa shape index (κ2) is 3.86. The number of hydrogen-bond acceptors (Lipinski definition) is 1. The van der Waals surface area contributed by atoms with E-state index in [4.69, 9.17) is 6.42 Å². The molecule has 1 unspecified atom stereocenters. The summed E-state index contributed by atoms with van der Waals surface area (Å²) in [5, 5.41) is 10.1. The molecule has 0 amide bonds. The van der Waals surface area contributed by atoms with Crippen molar-refractivity contribution in [2.45, 2.75) is 32.8 Å². The van der Waals surface area contributed by atoms with E-state index in [0.717, 1.165) is 5.56 Å². The Morgan fingerprint density at radius 1 is 1.36 bits per heavy atom. The van der Waals surface area contributed by atoms with E-state index in [0.29, 0.717) is 6.42 Å². The van der Waals surface area contributed by atoms with Crippen molar-refractivity contribution in [3.8, 4) is 12.3 Å². The minimum atomic E-state index is -0.910. The summed E-state index contributed by atoms with van der Waals surface area (Å²) in [5.41, 5.74) is 2.39. The van der Waals surface area contributed by atoms with Crippen molar-refractivity contribution in [3.05, 3.63) is 34.9 Å². The predicted molar refractivity (Wildman–Crippen MR) is 58.9 cm³/mol. The zero-order valence-electron chi connectivity index (χ0n) is 8.96. The highest BCUT2D eigenvalue weighted by molar-refractivity contribution is 5.33. The van der Waals surface area contributed by atoms with E-state index in [-0.39, 0.29) is 0 Å². The molecule has 1 rings (SSSR count). The van der Waals surface area contributed by atoms with E-state index in [1.54, 1.807) is 6.92 Å². The molecule has 1 heteroatoms. The quantitative estimate of drug-likeness (QED) is 0.707. The minimum absolute atomic E-state index is 0.343. The summed E-state index contributed by atoms with van der Waals surface area (Å²) in [6.07, 6.45) is 5.55. The van der Waals surface area contributed by atoms with E-state index in [1.807, 2.05) is 25.1 Å². The van der Waals surface area contributed by atoms with E-state index >= 15 is 0 Å². The van der Waals surface area contributed by atoms with Gasteiger partial charge in [0.2, 0.25) is 0 Å². The third kappa shape index (κ3) is 2.16. The molecule has 0 aliphatic carbocycles. The van der Waals surface area contributed by atoms with Gasteiger partial charge in [-0.3, -0.25) is 0 Å². The fourth-order valence-electron chi connectivity index (χ4n) is 1.38. The van der Waals surface area contributed by atoms with Crippen LogP contribution in [0.25, 0.3) is 0 Å². The van der Waals surface area contributed by atoms with E-state index in [9.17, 15) is 5.11 Å². The minimum Gasteiger partial charge on any atom is -0.384 e. The number of benzene rings is 1. The van der Waals surface area contributed by atoms with Crippen LogP contribution in [0.1, 0.15) is 30.0 Å². The second-order valence-corrected chi connectivity index (χ2v) is 3.95. The summed E-state index contributed by atoms with van der Waals surface area (Å²) in [6, 6.07) is 5.93. The number of terminal acetylenes is 1. The fourth-order valence-corrected chi connectivity index (χ4v) is 1.38. The SMILES string of the molecule is C#CCC(C)(O)c1ccc(C)c(C)c1. The van der Waals surface area contributed by atoms with Crippen LogP contribution in [0.15, 0.2) is 18.2 Å². The molecule has 14 heavy (non-hydrogen) atoms. The van der Waals surface area contributed by atoms with Crippen LogP contribution < -0.4 is 0 Å². The van der Waals surface area contributed by atoms with Crippen molar-refractivity contribution in [3.63, 3.8) is 0 Å². The number of aryl methyl sites for hydroxylation is 2. The molecule has 0 heterocycles. The Bertz CT molecular complexity index is 369. The largest absolute Gasteiger partial charge is 0.384 e. The summed E-state index contributed by atoms with van der Waals surface area (Å²) < 4.78 is 0. The number of aliphatic hydroxyl groups is 1. The topological polar surface area (TPSA) is 20.2 Å². The Kier molecular flexibility index (Phi) is 2.98. The smallest absolute Gasteiger partial charge is 0.0977 e. The molecule has 1 aromatic carbocycles. The number of rotatable bonds is 2. The molecule has 74 valence electrons. The Hall–Kier alpha value is -1.26. The molecular weight excluding hydrogens is 172 g/mol. The summed E-state index contributed by atoms with van der Waals surface area (Å²) in [6.45, 7) is 5.83. The van der Waals surface area contributed by atoms with Gasteiger partial charge < -0.3 is 5.11 Å². The molecule has 0 aromatic heterocycles. The van der Waals surface area contributed by atoms with Crippen LogP contribution in [0.2, 0.25) is 0 Å². The summed E-state index contributed by atoms with van der Waals surface area (Å²) in [4.78, 5) is 0. The average Bonchev–Trinajstić information content (AvgIpc) is 2.09. The van der Waals surface area contributed by atoms with Gasteiger partial charge in [0, 0.05) is 6.42 Å². The van der Waals surface area contributed by atoms with Crippen molar-refractivity contribution in [2.75, 3.05) is 0 Å². The first-order chi connectivity index (χ1) is 6.47. The highest BCUT2D eigenvalue weighted by Gasteiger charge is 2.21. The van der Waals surface area contributed by atoms with Crippen molar-refractivity contribution in [2.24, 2.45) is 0 Å². The van der Waals surface area contributed by atoms with Crippen LogP contribution >= 0.6 is 0 Å². The van der Waals surface area contributed by atoms with Gasteiger partial charge in [-0.25, -0.2) is 0 Å². The molecule has 0 aliphatic rings. The molecule has 1 aromatic rings. The Morgan fingerprint density at radius 3 is 2.50 bits per heavy atom. The molecule has 0 saturated heterocycles. The van der Waals surface area contributed by atoms with E-state index < -0.39 is 5.60 Å². The lowest BCUT2D eigenvalue weighted by atomic mass is 9.91. The zero-order chi connectivity index (χ0) is 10.8. The van der Waals surface area contributed by atoms with Crippen LogP contribution in [0.5, 0.6) is 0 Å². The number of hydrogen-bond donors (Lipinski definition) is 1. The molecular formula is C13H16O. The molecule has 0 spiro atoms. The lowest BCUT2D eigenvalue weighted by Crippen LogP contribution is -2.20. The van der Waals surface area contributed by atoms with Crippen molar-refractivity contribution in [1.82, 2.24) is 0 Å². The van der Waals surface area contributed by atoms with E-state index in [1.165, 1.54) is 11.1 Å². The lowest BCUT2D eigenvalue weighted by Gasteiger charge is -2.22. The van der Waals surface area contributed by atoms with Gasteiger partial charge in [-0.05, 0) is 37.5 Å². The Balaban J connectivity index is 3.09. The Morgan fingerprint density at radius 2 is 2.00 bits per heavy atom. The van der Waals surface area contributed by atoms with Crippen LogP contribution in [0.3, 0.4) is 0 Å². The van der Waals surface area contributed by atoms with Gasteiger partial charge in [0.15, 0.2) is 0 Å². The fraction of sp³-hybridized carbons (Fsp3) is 0.385. The summed E-state index contributed by atoms with van der Waals surface area (Å²) >= 11 is 0. The highest BCUT2D eigenvalue weighted by atomic mass is 16.3. The van der Waals surface area contributed by atoms with Crippen LogP contribution in [-0.4, -0.2) is 5.11 Å². The molecule has 0 fully saturated rings. The highest BCUT2D eigenvalue weighted by Crippen LogP contribution is 2.25. The first-order valence-electron chi connectivity index (χ1n) is 4.71. The lowest BCUT2D eigenvalue weighted by molar-refractivity contribution is 0.0629. The first-order valence-corrected chi connectivity index (χ1v) is 4.71. The first kappa shape index (κ1) is 10.8. The molecule has 0 bridgehead atoms. The van der Waals surface area contributed by atoms with Gasteiger partial charge in [0.05, 0.1) is 5.60 Å². The zero-order valence-corrected chi connectivity index (χ0v) is 8.96. The van der Waals surface area contributed by atoms with Gasteiger partial charge in [-0.1, -0.05) is 18.2 Å². The second-order valence-electron chi connectivity index (χ2n) is 3.95. The van der Waals surface area contributed by atoms with Crippen LogP contribution in [-0.2, 0) is 5.60 Å². The van der Waals surface area contributed by atoms with Crippen LogP contribution in [0.4, 0.5) is 0 Å². The maximum atomic E-state index is 10.1. The molecule has 0 radical (unpaired) electrons. The van der Waals surface area contributed by atoms with Crippen molar-refractivity contribution < 1.29 is 5.11 Å². The third-order valence-corrected chi connectivity index (χ3v) is 2.58. The predicted octanol–water partition coefficient (Wildman–Crippen LogP) is 2.53. The molecule has 1 N–H and O–H groups in total. The van der Waals surface area contributed by atoms with Crippen molar-refractivity contribution >= 4 is 0 Å². The standard InChI is InChI=1S/C13H16O/c1-5-8-13(4,14)12-7-6-10(2)11(3)9-12/h1,6-7,9,14H,8H2,2-4H3. The molecule has 0 aliphatic heterocycles.